The molecular formula is C14H25N3S. The van der Waals surface area contributed by atoms with Crippen molar-refractivity contribution in [1.29, 1.82) is 0 Å². The van der Waals surface area contributed by atoms with E-state index >= 15 is 0 Å². The molecule has 1 N–H and O–H groups in total. The summed E-state index contributed by atoms with van der Waals surface area (Å²) in [6, 6.07) is 5.50. The summed E-state index contributed by atoms with van der Waals surface area (Å²) in [6.07, 6.45) is 0. The lowest BCUT2D eigenvalue weighted by Gasteiger charge is -2.38. The van der Waals surface area contributed by atoms with Crippen molar-refractivity contribution >= 4 is 11.3 Å². The number of likely N-dealkylation sites (N-methyl/N-ethyl adjacent to an activating group) is 1. The van der Waals surface area contributed by atoms with E-state index in [-0.39, 0.29) is 0 Å². The van der Waals surface area contributed by atoms with Crippen molar-refractivity contribution < 1.29 is 0 Å². The van der Waals surface area contributed by atoms with Gasteiger partial charge in [0.25, 0.3) is 0 Å². The van der Waals surface area contributed by atoms with Crippen LogP contribution in [0.4, 0.5) is 0 Å². The van der Waals surface area contributed by atoms with Crippen LogP contribution in [0.2, 0.25) is 0 Å². The second kappa shape index (κ2) is 6.66. The van der Waals surface area contributed by atoms with Gasteiger partial charge >= 0.3 is 0 Å². The first-order chi connectivity index (χ1) is 8.66. The molecule has 1 saturated heterocycles. The summed E-state index contributed by atoms with van der Waals surface area (Å²) in [5, 5.41) is 5.77. The lowest BCUT2D eigenvalue weighted by Crippen LogP contribution is -2.52. The van der Waals surface area contributed by atoms with Gasteiger partial charge in [-0.3, -0.25) is 4.90 Å². The first-order valence-electron chi connectivity index (χ1n) is 6.86. The number of hydrogen-bond acceptors (Lipinski definition) is 4. The van der Waals surface area contributed by atoms with Crippen molar-refractivity contribution in [2.24, 2.45) is 0 Å². The van der Waals surface area contributed by atoms with Crippen LogP contribution in [-0.2, 0) is 0 Å². The van der Waals surface area contributed by atoms with E-state index in [2.05, 4.69) is 53.5 Å². The van der Waals surface area contributed by atoms with Gasteiger partial charge in [0.2, 0.25) is 0 Å². The molecule has 0 saturated carbocycles. The van der Waals surface area contributed by atoms with E-state index < -0.39 is 0 Å². The summed E-state index contributed by atoms with van der Waals surface area (Å²) < 4.78 is 0. The number of thiophene rings is 1. The Kier molecular flexibility index (Phi) is 5.18. The van der Waals surface area contributed by atoms with Gasteiger partial charge in [-0.1, -0.05) is 6.07 Å². The number of nitrogens with zero attached hydrogens (tertiary/aromatic N) is 2. The maximum atomic E-state index is 3.62. The van der Waals surface area contributed by atoms with Gasteiger partial charge in [-0.15, -0.1) is 11.3 Å². The number of nitrogens with one attached hydrogen (secondary N) is 1. The van der Waals surface area contributed by atoms with E-state index in [0.717, 1.165) is 13.1 Å². The van der Waals surface area contributed by atoms with Crippen molar-refractivity contribution in [1.82, 2.24) is 15.1 Å². The number of rotatable bonds is 5. The Labute approximate surface area is 115 Å². The van der Waals surface area contributed by atoms with Crippen molar-refractivity contribution in [2.75, 3.05) is 39.8 Å². The van der Waals surface area contributed by atoms with Gasteiger partial charge < -0.3 is 10.2 Å². The van der Waals surface area contributed by atoms with E-state index in [4.69, 9.17) is 0 Å². The van der Waals surface area contributed by atoms with Gasteiger partial charge in [-0.25, -0.2) is 0 Å². The molecule has 2 atom stereocenters. The van der Waals surface area contributed by atoms with Gasteiger partial charge in [0.05, 0.1) is 0 Å². The van der Waals surface area contributed by atoms with Gasteiger partial charge in [0, 0.05) is 49.7 Å². The minimum absolute atomic E-state index is 0.479. The fourth-order valence-corrected chi connectivity index (χ4v) is 3.33. The molecule has 0 amide bonds. The summed E-state index contributed by atoms with van der Waals surface area (Å²) in [6.45, 7) is 10.4. The highest BCUT2D eigenvalue weighted by Crippen LogP contribution is 2.17. The lowest BCUT2D eigenvalue weighted by molar-refractivity contribution is 0.100. The molecule has 0 bridgehead atoms. The minimum Gasteiger partial charge on any atom is -0.308 e. The SMILES string of the molecule is CC(NCCN1CCN(C)CC1C)c1cccs1. The van der Waals surface area contributed by atoms with Crippen LogP contribution in [0.1, 0.15) is 24.8 Å². The Morgan fingerprint density at radius 3 is 3.00 bits per heavy atom. The maximum absolute atomic E-state index is 3.62. The highest BCUT2D eigenvalue weighted by Gasteiger charge is 2.20. The van der Waals surface area contributed by atoms with E-state index in [1.807, 2.05) is 11.3 Å². The van der Waals surface area contributed by atoms with Crippen molar-refractivity contribution in [3.05, 3.63) is 22.4 Å². The highest BCUT2D eigenvalue weighted by molar-refractivity contribution is 7.10. The van der Waals surface area contributed by atoms with Crippen LogP contribution in [0.25, 0.3) is 0 Å². The zero-order valence-corrected chi connectivity index (χ0v) is 12.5. The van der Waals surface area contributed by atoms with Gasteiger partial charge in [0.1, 0.15) is 0 Å². The third-order valence-electron chi connectivity index (χ3n) is 3.79. The Morgan fingerprint density at radius 2 is 2.33 bits per heavy atom. The predicted molar refractivity (Wildman–Crippen MR) is 79.3 cm³/mol. The molecule has 1 aliphatic rings. The molecule has 1 aliphatic heterocycles. The smallest absolute Gasteiger partial charge is 0.0386 e. The van der Waals surface area contributed by atoms with Crippen molar-refractivity contribution in [3.63, 3.8) is 0 Å². The molecule has 18 heavy (non-hydrogen) atoms. The number of piperazine rings is 1. The Hall–Kier alpha value is -0.420. The van der Waals surface area contributed by atoms with Crippen LogP contribution < -0.4 is 5.32 Å². The summed E-state index contributed by atoms with van der Waals surface area (Å²) in [7, 11) is 2.21. The van der Waals surface area contributed by atoms with Gasteiger partial charge in [0.15, 0.2) is 0 Å². The fraction of sp³-hybridized carbons (Fsp3) is 0.714. The second-order valence-electron chi connectivity index (χ2n) is 5.34. The molecule has 2 unspecified atom stereocenters. The van der Waals surface area contributed by atoms with Gasteiger partial charge in [-0.2, -0.15) is 0 Å². The van der Waals surface area contributed by atoms with E-state index in [1.54, 1.807) is 0 Å². The van der Waals surface area contributed by atoms with Crippen LogP contribution in [0, 0.1) is 0 Å². The Balaban J connectivity index is 1.69. The molecule has 0 spiro atoms. The summed E-state index contributed by atoms with van der Waals surface area (Å²) >= 11 is 1.84. The maximum Gasteiger partial charge on any atom is 0.0386 e. The average Bonchev–Trinajstić information content (AvgIpc) is 2.85. The number of hydrogen-bond donors (Lipinski definition) is 1. The molecule has 0 radical (unpaired) electrons. The van der Waals surface area contributed by atoms with Crippen LogP contribution in [-0.4, -0.2) is 55.6 Å². The van der Waals surface area contributed by atoms with Crippen LogP contribution in [0.3, 0.4) is 0 Å². The molecule has 0 aliphatic carbocycles. The lowest BCUT2D eigenvalue weighted by atomic mass is 10.2. The Bertz CT molecular complexity index is 339. The minimum atomic E-state index is 0.479. The molecule has 1 aromatic heterocycles. The summed E-state index contributed by atoms with van der Waals surface area (Å²) in [5.74, 6) is 0. The molecule has 0 aromatic carbocycles. The molecule has 2 heterocycles. The molecule has 1 fully saturated rings. The van der Waals surface area contributed by atoms with Crippen LogP contribution in [0.15, 0.2) is 17.5 Å². The second-order valence-corrected chi connectivity index (χ2v) is 6.32. The zero-order valence-electron chi connectivity index (χ0n) is 11.7. The van der Waals surface area contributed by atoms with E-state index in [0.29, 0.717) is 12.1 Å². The quantitative estimate of drug-likeness (QED) is 0.881. The third kappa shape index (κ3) is 3.79. The van der Waals surface area contributed by atoms with Gasteiger partial charge in [-0.05, 0) is 32.3 Å². The first kappa shape index (κ1) is 14.0. The molecule has 102 valence electrons. The summed E-state index contributed by atoms with van der Waals surface area (Å²) in [5.41, 5.74) is 0. The average molecular weight is 267 g/mol. The summed E-state index contributed by atoms with van der Waals surface area (Å²) in [4.78, 5) is 6.44. The molecular weight excluding hydrogens is 242 g/mol. The monoisotopic (exact) mass is 267 g/mol. The standard InChI is InChI=1S/C14H25N3S/c1-12-11-16(3)8-9-17(12)7-6-15-13(2)14-5-4-10-18-14/h4-5,10,12-13,15H,6-9,11H2,1-3H3. The van der Waals surface area contributed by atoms with Crippen molar-refractivity contribution in [3.8, 4) is 0 Å². The molecule has 3 nitrogen and oxygen atoms in total. The van der Waals surface area contributed by atoms with E-state index in [1.165, 1.54) is 24.5 Å². The topological polar surface area (TPSA) is 18.5 Å². The Morgan fingerprint density at radius 1 is 1.50 bits per heavy atom. The largest absolute Gasteiger partial charge is 0.308 e. The third-order valence-corrected chi connectivity index (χ3v) is 4.84. The zero-order chi connectivity index (χ0) is 13.0. The first-order valence-corrected chi connectivity index (χ1v) is 7.74. The molecule has 2 rings (SSSR count). The molecule has 4 heteroatoms. The molecule has 1 aromatic rings. The van der Waals surface area contributed by atoms with Crippen LogP contribution >= 0.6 is 11.3 Å². The highest BCUT2D eigenvalue weighted by atomic mass is 32.1. The fourth-order valence-electron chi connectivity index (χ4n) is 2.57. The van der Waals surface area contributed by atoms with Crippen molar-refractivity contribution in [2.45, 2.75) is 25.9 Å². The van der Waals surface area contributed by atoms with Crippen LogP contribution in [0.5, 0.6) is 0 Å². The normalized spacial score (nSPS) is 24.3. The van der Waals surface area contributed by atoms with E-state index in [9.17, 15) is 0 Å². The predicted octanol–water partition coefficient (Wildman–Crippen LogP) is 2.03.